The number of amides is 1. The first-order valence-corrected chi connectivity index (χ1v) is 17.8. The van der Waals surface area contributed by atoms with Crippen LogP contribution in [0.2, 0.25) is 0 Å². The molecule has 10 heteroatoms. The minimum atomic E-state index is -0.513. The Bertz CT molecular complexity index is 937. The van der Waals surface area contributed by atoms with Crippen molar-refractivity contribution in [2.75, 3.05) is 26.4 Å². The van der Waals surface area contributed by atoms with E-state index in [1.807, 2.05) is 0 Å². The predicted molar refractivity (Wildman–Crippen MR) is 189 cm³/mol. The SMILES string of the molecule is C.CC(C)[C@@H](NC[C@@H](NCOC(C)(C)C)C12CC3CC(CC(O)(C3)C1)C2)C(=O)N1CCC(C2CCC(Cl)CC2)C(C)(C)C1.O.O.O. The van der Waals surface area contributed by atoms with Gasteiger partial charge >= 0.3 is 0 Å². The monoisotopic (exact) mass is 678 g/mol. The van der Waals surface area contributed by atoms with Gasteiger partial charge in [-0.15, -0.1) is 11.6 Å². The summed E-state index contributed by atoms with van der Waals surface area (Å²) in [6.07, 6.45) is 12.3. The lowest BCUT2D eigenvalue weighted by molar-refractivity contribution is -0.176. The molecule has 0 aromatic carbocycles. The van der Waals surface area contributed by atoms with Gasteiger partial charge in [0.1, 0.15) is 0 Å². The molecule has 0 aromatic rings. The van der Waals surface area contributed by atoms with Gasteiger partial charge in [-0.1, -0.05) is 35.1 Å². The average Bonchev–Trinajstić information content (AvgIpc) is 2.85. The standard InChI is InChI=1S/C35H62ClN3O3.CH4.3H2O/c1-23(2)30(31(40)39-13-12-28(33(6,7)21-39)26-8-10-27(36)11-9-26)37-19-29(38-22-42-32(3,4)5)34-15-24-14-25(16-34)18-35(41,17-24)20-34;;;;/h23-30,37-38,41H,8-22H2,1-7H3;1H4;3*1H2/t24?,25?,26?,27?,28?,29-,30-,34?,35?;;;;/m1..../s1. The molecular formula is C36H72ClN3O6. The summed E-state index contributed by atoms with van der Waals surface area (Å²) in [5, 5.41) is 19.5. The molecule has 6 aliphatic rings. The maximum absolute atomic E-state index is 14.2. The summed E-state index contributed by atoms with van der Waals surface area (Å²) in [5.41, 5.74) is -0.563. The van der Waals surface area contributed by atoms with E-state index in [-0.39, 0.29) is 64.2 Å². The number of piperidine rings is 1. The van der Waals surface area contributed by atoms with Crippen molar-refractivity contribution in [3.63, 3.8) is 0 Å². The van der Waals surface area contributed by atoms with Crippen LogP contribution < -0.4 is 10.6 Å². The van der Waals surface area contributed by atoms with Crippen LogP contribution in [0.15, 0.2) is 0 Å². The molecule has 46 heavy (non-hydrogen) atoms. The van der Waals surface area contributed by atoms with Crippen molar-refractivity contribution in [3.05, 3.63) is 0 Å². The van der Waals surface area contributed by atoms with E-state index in [2.05, 4.69) is 64.0 Å². The molecule has 9 nitrogen and oxygen atoms in total. The van der Waals surface area contributed by atoms with Crippen LogP contribution in [0.5, 0.6) is 0 Å². The molecular weight excluding hydrogens is 606 g/mol. The van der Waals surface area contributed by atoms with Gasteiger partial charge in [0, 0.05) is 31.1 Å². The lowest BCUT2D eigenvalue weighted by atomic mass is 9.46. The van der Waals surface area contributed by atoms with E-state index < -0.39 is 5.60 Å². The Balaban J connectivity index is 0.00000264. The molecule has 0 radical (unpaired) electrons. The number of rotatable bonds is 10. The van der Waals surface area contributed by atoms with Gasteiger partial charge in [0.15, 0.2) is 0 Å². The number of nitrogens with one attached hydrogen (secondary N) is 2. The number of aliphatic hydroxyl groups is 1. The second-order valence-corrected chi connectivity index (χ2v) is 18.1. The number of likely N-dealkylation sites (tertiary alicyclic amines) is 1. The van der Waals surface area contributed by atoms with E-state index in [1.54, 1.807) is 0 Å². The molecule has 1 saturated heterocycles. The van der Waals surface area contributed by atoms with Crippen LogP contribution in [0.1, 0.15) is 127 Å². The summed E-state index contributed by atoms with van der Waals surface area (Å²) >= 11 is 6.43. The third-order valence-corrected chi connectivity index (χ3v) is 12.5. The zero-order chi connectivity index (χ0) is 30.5. The number of carbonyl (C=O) groups is 1. The van der Waals surface area contributed by atoms with Gasteiger partial charge in [0.2, 0.25) is 5.91 Å². The fraction of sp³-hybridized carbons (Fsp3) is 0.972. The van der Waals surface area contributed by atoms with Gasteiger partial charge in [-0.25, -0.2) is 0 Å². The van der Waals surface area contributed by atoms with E-state index in [0.717, 1.165) is 64.1 Å². The molecule has 0 spiro atoms. The lowest BCUT2D eigenvalue weighted by Crippen LogP contribution is -2.65. The van der Waals surface area contributed by atoms with Crippen LogP contribution in [-0.4, -0.2) is 87.4 Å². The van der Waals surface area contributed by atoms with E-state index in [1.165, 1.54) is 32.1 Å². The zero-order valence-electron chi connectivity index (χ0n) is 29.3. The molecule has 6 fully saturated rings. The van der Waals surface area contributed by atoms with Crippen molar-refractivity contribution in [1.29, 1.82) is 0 Å². The molecule has 274 valence electrons. The van der Waals surface area contributed by atoms with Crippen LogP contribution in [0.25, 0.3) is 0 Å². The van der Waals surface area contributed by atoms with Gasteiger partial charge in [-0.2, -0.15) is 0 Å². The molecule has 1 heterocycles. The van der Waals surface area contributed by atoms with Crippen molar-refractivity contribution >= 4 is 17.5 Å². The Labute approximate surface area is 285 Å². The van der Waals surface area contributed by atoms with Crippen molar-refractivity contribution in [1.82, 2.24) is 15.5 Å². The maximum atomic E-state index is 14.2. The summed E-state index contributed by atoms with van der Waals surface area (Å²) in [6, 6.07) is -0.0561. The van der Waals surface area contributed by atoms with E-state index >= 15 is 0 Å². The van der Waals surface area contributed by atoms with E-state index in [4.69, 9.17) is 16.3 Å². The summed E-state index contributed by atoms with van der Waals surface area (Å²) in [5.74, 6) is 3.10. The second kappa shape index (κ2) is 16.5. The molecule has 1 amide bonds. The van der Waals surface area contributed by atoms with Crippen LogP contribution in [0.4, 0.5) is 0 Å². The average molecular weight is 678 g/mol. The van der Waals surface area contributed by atoms with Crippen molar-refractivity contribution in [3.8, 4) is 0 Å². The van der Waals surface area contributed by atoms with Crippen molar-refractivity contribution in [2.45, 2.75) is 155 Å². The zero-order valence-corrected chi connectivity index (χ0v) is 30.1. The molecule has 5 atom stereocenters. The largest absolute Gasteiger partial charge is 0.412 e. The first-order valence-electron chi connectivity index (χ1n) is 17.3. The van der Waals surface area contributed by atoms with Crippen molar-refractivity contribution in [2.24, 2.45) is 40.4 Å². The Hall–Kier alpha value is -0.520. The number of halogens is 1. The van der Waals surface area contributed by atoms with E-state index in [0.29, 0.717) is 29.9 Å². The summed E-state index contributed by atoms with van der Waals surface area (Å²) < 4.78 is 6.15. The minimum absolute atomic E-state index is 0. The number of nitrogens with zero attached hydrogens (tertiary/aromatic N) is 1. The lowest BCUT2D eigenvalue weighted by Gasteiger charge is -2.62. The third kappa shape index (κ3) is 9.80. The molecule has 1 aliphatic heterocycles. The van der Waals surface area contributed by atoms with Gasteiger partial charge < -0.3 is 36.5 Å². The van der Waals surface area contributed by atoms with Gasteiger partial charge in [0.05, 0.1) is 24.0 Å². The summed E-state index contributed by atoms with van der Waals surface area (Å²) in [6.45, 7) is 18.3. The third-order valence-electron chi connectivity index (χ3n) is 12.0. The number of hydrogen-bond donors (Lipinski definition) is 3. The second-order valence-electron chi connectivity index (χ2n) is 17.5. The highest BCUT2D eigenvalue weighted by Gasteiger charge is 2.59. The van der Waals surface area contributed by atoms with E-state index in [9.17, 15) is 9.90 Å². The van der Waals surface area contributed by atoms with Crippen molar-refractivity contribution < 1.29 is 31.1 Å². The Morgan fingerprint density at radius 2 is 1.57 bits per heavy atom. The van der Waals surface area contributed by atoms with Gasteiger partial charge in [-0.3, -0.25) is 10.1 Å². The Morgan fingerprint density at radius 1 is 0.978 bits per heavy atom. The highest BCUT2D eigenvalue weighted by atomic mass is 35.5. The summed E-state index contributed by atoms with van der Waals surface area (Å²) in [4.78, 5) is 16.3. The first kappa shape index (κ1) is 43.5. The Kier molecular flexibility index (Phi) is 15.6. The molecule has 6 rings (SSSR count). The summed E-state index contributed by atoms with van der Waals surface area (Å²) in [7, 11) is 0. The van der Waals surface area contributed by atoms with Crippen LogP contribution >= 0.6 is 11.6 Å². The fourth-order valence-electron chi connectivity index (χ4n) is 10.5. The predicted octanol–water partition coefficient (Wildman–Crippen LogP) is 4.50. The number of ether oxygens (including phenoxy) is 1. The van der Waals surface area contributed by atoms with Crippen LogP contribution in [0, 0.1) is 40.4 Å². The molecule has 5 aliphatic carbocycles. The maximum Gasteiger partial charge on any atom is 0.239 e. The highest BCUT2D eigenvalue weighted by molar-refractivity contribution is 6.20. The number of carbonyl (C=O) groups excluding carboxylic acids is 1. The van der Waals surface area contributed by atoms with Crippen LogP contribution in [-0.2, 0) is 9.53 Å². The first-order chi connectivity index (χ1) is 19.6. The molecule has 9 N–H and O–H groups in total. The number of hydrogen-bond acceptors (Lipinski definition) is 5. The quantitative estimate of drug-likeness (QED) is 0.228. The molecule has 0 aromatic heterocycles. The molecule has 4 bridgehead atoms. The topological polar surface area (TPSA) is 168 Å². The van der Waals surface area contributed by atoms with Gasteiger partial charge in [-0.05, 0) is 132 Å². The fourth-order valence-corrected chi connectivity index (χ4v) is 10.8. The minimum Gasteiger partial charge on any atom is -0.412 e. The number of alkyl halides is 1. The molecule has 5 saturated carbocycles. The van der Waals surface area contributed by atoms with Crippen LogP contribution in [0.3, 0.4) is 0 Å². The normalized spacial score (nSPS) is 36.0. The van der Waals surface area contributed by atoms with Gasteiger partial charge in [0.25, 0.3) is 0 Å². The Morgan fingerprint density at radius 3 is 2.07 bits per heavy atom. The smallest absolute Gasteiger partial charge is 0.239 e. The highest BCUT2D eigenvalue weighted by Crippen LogP contribution is 2.62. The molecule has 3 unspecified atom stereocenters.